The minimum atomic E-state index is 0.285. The van der Waals surface area contributed by atoms with Gasteiger partial charge in [0.15, 0.2) is 0 Å². The number of rotatable bonds is 14. The molecule has 0 aromatic heterocycles. The van der Waals surface area contributed by atoms with Gasteiger partial charge in [-0.2, -0.15) is 0 Å². The van der Waals surface area contributed by atoms with Crippen molar-refractivity contribution in [2.45, 2.75) is 106 Å². The van der Waals surface area contributed by atoms with Crippen LogP contribution < -0.4 is 0 Å². The maximum Gasteiger partial charge on any atom is 0.130 e. The Balaban J connectivity index is 3.77. The van der Waals surface area contributed by atoms with Gasteiger partial charge in [-0.25, -0.2) is 0 Å². The van der Waals surface area contributed by atoms with E-state index in [0.717, 1.165) is 31.1 Å². The van der Waals surface area contributed by atoms with Gasteiger partial charge in [-0.3, -0.25) is 0 Å². The van der Waals surface area contributed by atoms with E-state index in [-0.39, 0.29) is 5.78 Å². The third-order valence-electron chi connectivity index (χ3n) is 4.77. The maximum atomic E-state index is 10.9. The normalized spacial score (nSPS) is 14.3. The van der Waals surface area contributed by atoms with Crippen molar-refractivity contribution < 1.29 is 4.79 Å². The number of Topliss-reactive ketones (excluding diaryl/α,β-unsaturated/α-hetero) is 1. The van der Waals surface area contributed by atoms with Crippen LogP contribution in [-0.4, -0.2) is 5.78 Å². The van der Waals surface area contributed by atoms with Crippen molar-refractivity contribution >= 4 is 5.78 Å². The summed E-state index contributed by atoms with van der Waals surface area (Å²) in [5.74, 6) is 2.01. The molecule has 0 spiro atoms. The van der Waals surface area contributed by atoms with Crippen LogP contribution >= 0.6 is 0 Å². The molecule has 1 nitrogen and oxygen atoms in total. The fourth-order valence-electron chi connectivity index (χ4n) is 3.02. The monoisotopic (exact) mass is 334 g/mol. The Morgan fingerprint density at radius 2 is 1.29 bits per heavy atom. The Kier molecular flexibility index (Phi) is 14.0. The van der Waals surface area contributed by atoms with Gasteiger partial charge in [0.05, 0.1) is 0 Å². The minimum absolute atomic E-state index is 0.285. The zero-order valence-corrected chi connectivity index (χ0v) is 17.3. The number of ketones is 1. The molecule has 0 aliphatic rings. The molecule has 0 saturated carbocycles. The molecule has 1 unspecified atom stereocenters. The number of hydrogen-bond acceptors (Lipinski definition) is 1. The van der Waals surface area contributed by atoms with Gasteiger partial charge in [0.25, 0.3) is 0 Å². The van der Waals surface area contributed by atoms with E-state index < -0.39 is 0 Å². The first-order valence-electron chi connectivity index (χ1n) is 10.1. The van der Waals surface area contributed by atoms with E-state index in [9.17, 15) is 4.79 Å². The fraction of sp³-hybridized carbons (Fsp3) is 0.783. The molecule has 1 atom stereocenters. The molecule has 0 aromatic rings. The molecule has 0 aliphatic heterocycles. The second-order valence-corrected chi connectivity index (χ2v) is 8.20. The second-order valence-electron chi connectivity index (χ2n) is 8.20. The van der Waals surface area contributed by atoms with Gasteiger partial charge < -0.3 is 4.79 Å². The van der Waals surface area contributed by atoms with Gasteiger partial charge in [-0.15, -0.1) is 0 Å². The first-order chi connectivity index (χ1) is 11.3. The summed E-state index contributed by atoms with van der Waals surface area (Å²) >= 11 is 0. The Morgan fingerprint density at radius 1 is 0.750 bits per heavy atom. The van der Waals surface area contributed by atoms with Crippen LogP contribution in [0.25, 0.3) is 0 Å². The minimum Gasteiger partial charge on any atom is -0.300 e. The molecule has 0 heterocycles. The van der Waals surface area contributed by atoms with Crippen LogP contribution in [0.4, 0.5) is 0 Å². The molecule has 0 N–H and O–H groups in total. The number of hydrogen-bond donors (Lipinski definition) is 0. The van der Waals surface area contributed by atoms with E-state index >= 15 is 0 Å². The quantitative estimate of drug-likeness (QED) is 0.298. The number of carbonyl (C=O) groups is 1. The summed E-state index contributed by atoms with van der Waals surface area (Å²) in [5, 5.41) is 0. The average molecular weight is 335 g/mol. The summed E-state index contributed by atoms with van der Waals surface area (Å²) in [7, 11) is 0. The standard InChI is InChI=1S/C23H42O/c1-19(2)11-7-12-20(3)13-8-14-21(4)15-9-16-22(5)17-10-18-23(6)24/h15,17,19-20H,7-14,16,18H2,1-6H3/b21-15-,22-17+. The van der Waals surface area contributed by atoms with Crippen molar-refractivity contribution in [3.05, 3.63) is 23.3 Å². The molecule has 0 aliphatic carbocycles. The highest BCUT2D eigenvalue weighted by Gasteiger charge is 2.03. The molecule has 140 valence electrons. The van der Waals surface area contributed by atoms with E-state index in [0.29, 0.717) is 6.42 Å². The summed E-state index contributed by atoms with van der Waals surface area (Å²) in [6, 6.07) is 0. The highest BCUT2D eigenvalue weighted by atomic mass is 16.1. The van der Waals surface area contributed by atoms with Crippen molar-refractivity contribution in [3.63, 3.8) is 0 Å². The summed E-state index contributed by atoms with van der Waals surface area (Å²) < 4.78 is 0. The first kappa shape index (κ1) is 23.1. The Morgan fingerprint density at radius 3 is 1.88 bits per heavy atom. The van der Waals surface area contributed by atoms with Crippen molar-refractivity contribution in [2.75, 3.05) is 0 Å². The Bertz CT molecular complexity index is 387. The summed E-state index contributed by atoms with van der Waals surface area (Å²) in [5.41, 5.74) is 2.96. The molecule has 0 bridgehead atoms. The maximum absolute atomic E-state index is 10.9. The van der Waals surface area contributed by atoms with Gasteiger partial charge in [0.1, 0.15) is 5.78 Å². The van der Waals surface area contributed by atoms with Crippen LogP contribution in [-0.2, 0) is 4.79 Å². The third-order valence-corrected chi connectivity index (χ3v) is 4.77. The molecule has 0 amide bonds. The van der Waals surface area contributed by atoms with Gasteiger partial charge >= 0.3 is 0 Å². The van der Waals surface area contributed by atoms with Crippen molar-refractivity contribution in [2.24, 2.45) is 11.8 Å². The van der Waals surface area contributed by atoms with E-state index in [1.54, 1.807) is 12.5 Å². The SMILES string of the molecule is CC(=O)CC/C=C(\C)CC/C=C(/C)CCCC(C)CCCC(C)C. The van der Waals surface area contributed by atoms with Crippen LogP contribution in [0.15, 0.2) is 23.3 Å². The molecule has 0 radical (unpaired) electrons. The third kappa shape index (κ3) is 16.0. The van der Waals surface area contributed by atoms with E-state index in [1.165, 1.54) is 44.1 Å². The van der Waals surface area contributed by atoms with Gasteiger partial charge in [-0.1, -0.05) is 69.8 Å². The highest BCUT2D eigenvalue weighted by Crippen LogP contribution is 2.19. The van der Waals surface area contributed by atoms with Crippen LogP contribution in [0.3, 0.4) is 0 Å². The topological polar surface area (TPSA) is 17.1 Å². The lowest BCUT2D eigenvalue weighted by Crippen LogP contribution is -1.97. The fourth-order valence-corrected chi connectivity index (χ4v) is 3.02. The van der Waals surface area contributed by atoms with Crippen molar-refractivity contribution in [1.82, 2.24) is 0 Å². The van der Waals surface area contributed by atoms with Crippen LogP contribution in [0, 0.1) is 11.8 Å². The molecule has 0 saturated heterocycles. The number of allylic oxidation sites excluding steroid dienone is 4. The largest absolute Gasteiger partial charge is 0.300 e. The highest BCUT2D eigenvalue weighted by molar-refractivity contribution is 5.75. The van der Waals surface area contributed by atoms with Crippen LogP contribution in [0.1, 0.15) is 106 Å². The first-order valence-corrected chi connectivity index (χ1v) is 10.1. The predicted molar refractivity (Wildman–Crippen MR) is 108 cm³/mol. The van der Waals surface area contributed by atoms with Crippen molar-refractivity contribution in [3.8, 4) is 0 Å². The van der Waals surface area contributed by atoms with Gasteiger partial charge in [0.2, 0.25) is 0 Å². The molecule has 24 heavy (non-hydrogen) atoms. The van der Waals surface area contributed by atoms with Crippen LogP contribution in [0.2, 0.25) is 0 Å². The molecule has 0 aromatic carbocycles. The van der Waals surface area contributed by atoms with Crippen LogP contribution in [0.5, 0.6) is 0 Å². The zero-order chi connectivity index (χ0) is 18.4. The molecular weight excluding hydrogens is 292 g/mol. The van der Waals surface area contributed by atoms with E-state index in [2.05, 4.69) is 46.8 Å². The summed E-state index contributed by atoms with van der Waals surface area (Å²) in [6.07, 6.45) is 16.6. The number of carbonyl (C=O) groups excluding carboxylic acids is 1. The summed E-state index contributed by atoms with van der Waals surface area (Å²) in [6.45, 7) is 13.2. The molecular formula is C23H42O. The Hall–Kier alpha value is -0.850. The van der Waals surface area contributed by atoms with Crippen molar-refractivity contribution in [1.29, 1.82) is 0 Å². The molecule has 1 heteroatoms. The zero-order valence-electron chi connectivity index (χ0n) is 17.3. The van der Waals surface area contributed by atoms with Gasteiger partial charge in [-0.05, 0) is 64.7 Å². The lowest BCUT2D eigenvalue weighted by molar-refractivity contribution is -0.116. The smallest absolute Gasteiger partial charge is 0.130 e. The summed E-state index contributed by atoms with van der Waals surface area (Å²) in [4.78, 5) is 10.9. The lowest BCUT2D eigenvalue weighted by Gasteiger charge is -2.12. The Labute approximate surface area is 152 Å². The molecule has 0 fully saturated rings. The predicted octanol–water partition coefficient (Wildman–Crippen LogP) is 7.66. The average Bonchev–Trinajstić information content (AvgIpc) is 2.46. The van der Waals surface area contributed by atoms with Gasteiger partial charge in [0, 0.05) is 6.42 Å². The van der Waals surface area contributed by atoms with E-state index in [4.69, 9.17) is 0 Å². The molecule has 0 rings (SSSR count). The van der Waals surface area contributed by atoms with E-state index in [1.807, 2.05) is 0 Å². The second kappa shape index (κ2) is 14.5. The lowest BCUT2D eigenvalue weighted by atomic mass is 9.94.